The van der Waals surface area contributed by atoms with Gasteiger partial charge < -0.3 is 4.57 Å². The number of amides is 1. The standard InChI is InChI=1S/C21H22N4O3S/c1-13-5-7-15(8-6-13)11-17-14(2)22-20(29-17)23-18(26)10-9-16-12-24(3)21(28)25(4)19(16)27/h5-10,12H,11H2,1-4H3,(H,22,23,26). The molecule has 0 aliphatic rings. The number of hydrogen-bond acceptors (Lipinski definition) is 5. The Kier molecular flexibility index (Phi) is 5.93. The third kappa shape index (κ3) is 4.78. The largest absolute Gasteiger partial charge is 0.330 e. The molecule has 29 heavy (non-hydrogen) atoms. The zero-order valence-corrected chi connectivity index (χ0v) is 17.5. The van der Waals surface area contributed by atoms with E-state index in [0.29, 0.717) is 5.13 Å². The molecule has 0 aliphatic carbocycles. The molecule has 0 radical (unpaired) electrons. The quantitative estimate of drug-likeness (QED) is 0.655. The number of hydrogen-bond donors (Lipinski definition) is 1. The minimum Gasteiger partial charge on any atom is -0.303 e. The summed E-state index contributed by atoms with van der Waals surface area (Å²) in [5.41, 5.74) is 2.65. The molecule has 0 saturated carbocycles. The zero-order valence-electron chi connectivity index (χ0n) is 16.7. The van der Waals surface area contributed by atoms with Crippen molar-refractivity contribution < 1.29 is 4.79 Å². The maximum atomic E-state index is 12.2. The van der Waals surface area contributed by atoms with Gasteiger partial charge in [0.15, 0.2) is 5.13 Å². The van der Waals surface area contributed by atoms with Gasteiger partial charge in [-0.25, -0.2) is 9.78 Å². The van der Waals surface area contributed by atoms with Crippen LogP contribution in [0, 0.1) is 13.8 Å². The number of benzene rings is 1. The van der Waals surface area contributed by atoms with Crippen LogP contribution in [-0.4, -0.2) is 20.0 Å². The molecule has 0 aliphatic heterocycles. The summed E-state index contributed by atoms with van der Waals surface area (Å²) in [6.07, 6.45) is 4.81. The molecule has 3 rings (SSSR count). The molecule has 0 atom stereocenters. The molecule has 2 heterocycles. The first kappa shape index (κ1) is 20.5. The van der Waals surface area contributed by atoms with E-state index in [2.05, 4.69) is 34.6 Å². The van der Waals surface area contributed by atoms with Gasteiger partial charge in [-0.15, -0.1) is 11.3 Å². The van der Waals surface area contributed by atoms with E-state index in [1.165, 1.54) is 52.4 Å². The fourth-order valence-corrected chi connectivity index (χ4v) is 3.80. The highest BCUT2D eigenvalue weighted by molar-refractivity contribution is 7.15. The van der Waals surface area contributed by atoms with Gasteiger partial charge in [0, 0.05) is 37.7 Å². The van der Waals surface area contributed by atoms with Crippen molar-refractivity contribution in [1.82, 2.24) is 14.1 Å². The maximum Gasteiger partial charge on any atom is 0.330 e. The van der Waals surface area contributed by atoms with Crippen molar-refractivity contribution in [2.75, 3.05) is 5.32 Å². The fraction of sp³-hybridized carbons (Fsp3) is 0.238. The predicted octanol–water partition coefficient (Wildman–Crippen LogP) is 2.40. The number of carbonyl (C=O) groups is 1. The summed E-state index contributed by atoms with van der Waals surface area (Å²) in [7, 11) is 2.95. The summed E-state index contributed by atoms with van der Waals surface area (Å²) < 4.78 is 2.29. The molecule has 1 aromatic carbocycles. The highest BCUT2D eigenvalue weighted by Gasteiger charge is 2.10. The van der Waals surface area contributed by atoms with Crippen LogP contribution >= 0.6 is 11.3 Å². The minimum absolute atomic E-state index is 0.250. The van der Waals surface area contributed by atoms with Crippen molar-refractivity contribution >= 4 is 28.5 Å². The van der Waals surface area contributed by atoms with Crippen molar-refractivity contribution in [2.24, 2.45) is 14.1 Å². The average Bonchev–Trinajstić information content (AvgIpc) is 3.02. The Morgan fingerprint density at radius 3 is 2.55 bits per heavy atom. The number of aromatic nitrogens is 3. The molecule has 0 unspecified atom stereocenters. The number of thiazole rings is 1. The highest BCUT2D eigenvalue weighted by Crippen LogP contribution is 2.25. The lowest BCUT2D eigenvalue weighted by Crippen LogP contribution is -2.37. The molecular weight excluding hydrogens is 388 g/mol. The van der Waals surface area contributed by atoms with Crippen molar-refractivity contribution in [1.29, 1.82) is 0 Å². The normalized spacial score (nSPS) is 11.2. The van der Waals surface area contributed by atoms with Gasteiger partial charge in [0.05, 0.1) is 11.3 Å². The molecule has 0 bridgehead atoms. The first-order valence-electron chi connectivity index (χ1n) is 9.02. The van der Waals surface area contributed by atoms with Crippen LogP contribution in [0.1, 0.15) is 27.3 Å². The summed E-state index contributed by atoms with van der Waals surface area (Å²) in [4.78, 5) is 41.6. The van der Waals surface area contributed by atoms with Crippen LogP contribution in [0.5, 0.6) is 0 Å². The van der Waals surface area contributed by atoms with Crippen LogP contribution in [0.4, 0.5) is 5.13 Å². The number of nitrogens with zero attached hydrogens (tertiary/aromatic N) is 3. The van der Waals surface area contributed by atoms with Gasteiger partial charge in [-0.3, -0.25) is 19.5 Å². The number of anilines is 1. The Balaban J connectivity index is 1.72. The third-order valence-corrected chi connectivity index (χ3v) is 5.57. The second kappa shape index (κ2) is 8.40. The number of carbonyl (C=O) groups excluding carboxylic acids is 1. The van der Waals surface area contributed by atoms with Crippen LogP contribution < -0.4 is 16.6 Å². The fourth-order valence-electron chi connectivity index (χ4n) is 2.80. The number of rotatable bonds is 5. The van der Waals surface area contributed by atoms with Gasteiger partial charge in [-0.1, -0.05) is 29.8 Å². The van der Waals surface area contributed by atoms with Gasteiger partial charge in [0.25, 0.3) is 5.56 Å². The summed E-state index contributed by atoms with van der Waals surface area (Å²) in [6.45, 7) is 3.97. The molecule has 150 valence electrons. The van der Waals surface area contributed by atoms with Gasteiger partial charge in [-0.2, -0.15) is 0 Å². The lowest BCUT2D eigenvalue weighted by atomic mass is 10.1. The Morgan fingerprint density at radius 1 is 1.17 bits per heavy atom. The van der Waals surface area contributed by atoms with Gasteiger partial charge in [-0.05, 0) is 25.5 Å². The van der Waals surface area contributed by atoms with Crippen molar-refractivity contribution in [3.63, 3.8) is 0 Å². The number of nitrogens with one attached hydrogen (secondary N) is 1. The van der Waals surface area contributed by atoms with Crippen LogP contribution in [0.15, 0.2) is 46.1 Å². The van der Waals surface area contributed by atoms with Gasteiger partial charge in [0.2, 0.25) is 5.91 Å². The number of aryl methyl sites for hydroxylation is 3. The van der Waals surface area contributed by atoms with E-state index >= 15 is 0 Å². The lowest BCUT2D eigenvalue weighted by molar-refractivity contribution is -0.111. The second-order valence-corrected chi connectivity index (χ2v) is 7.94. The second-order valence-electron chi connectivity index (χ2n) is 6.85. The zero-order chi connectivity index (χ0) is 21.1. The van der Waals surface area contributed by atoms with E-state index in [1.807, 2.05) is 13.8 Å². The van der Waals surface area contributed by atoms with E-state index in [-0.39, 0.29) is 5.56 Å². The summed E-state index contributed by atoms with van der Waals surface area (Å²) >= 11 is 1.43. The van der Waals surface area contributed by atoms with Crippen molar-refractivity contribution in [2.45, 2.75) is 20.3 Å². The van der Waals surface area contributed by atoms with E-state index in [9.17, 15) is 14.4 Å². The Bertz CT molecular complexity index is 1200. The average molecular weight is 410 g/mol. The molecule has 1 N–H and O–H groups in total. The Labute approximate surface area is 172 Å². The monoisotopic (exact) mass is 410 g/mol. The first-order valence-corrected chi connectivity index (χ1v) is 9.84. The molecular formula is C21H22N4O3S. The van der Waals surface area contributed by atoms with E-state index in [4.69, 9.17) is 0 Å². The van der Waals surface area contributed by atoms with Gasteiger partial charge in [0.1, 0.15) is 0 Å². The third-order valence-electron chi connectivity index (χ3n) is 4.50. The molecule has 2 aromatic heterocycles. The molecule has 0 fully saturated rings. The predicted molar refractivity (Wildman–Crippen MR) is 115 cm³/mol. The van der Waals surface area contributed by atoms with Gasteiger partial charge >= 0.3 is 5.69 Å². The van der Waals surface area contributed by atoms with Crippen LogP contribution in [0.3, 0.4) is 0 Å². The summed E-state index contributed by atoms with van der Waals surface area (Å²) in [6, 6.07) is 8.32. The van der Waals surface area contributed by atoms with Crippen molar-refractivity contribution in [3.05, 3.63) is 84.6 Å². The summed E-state index contributed by atoms with van der Waals surface area (Å²) in [5, 5.41) is 3.24. The van der Waals surface area contributed by atoms with Crippen LogP contribution in [0.25, 0.3) is 6.08 Å². The molecule has 8 heteroatoms. The molecule has 0 saturated heterocycles. The lowest BCUT2D eigenvalue weighted by Gasteiger charge is -2.03. The molecule has 3 aromatic rings. The highest BCUT2D eigenvalue weighted by atomic mass is 32.1. The topological polar surface area (TPSA) is 86.0 Å². The van der Waals surface area contributed by atoms with E-state index < -0.39 is 17.2 Å². The minimum atomic E-state index is -0.456. The molecule has 1 amide bonds. The van der Waals surface area contributed by atoms with Crippen LogP contribution in [-0.2, 0) is 25.3 Å². The first-order chi connectivity index (χ1) is 13.7. The smallest absolute Gasteiger partial charge is 0.303 e. The molecule has 7 nitrogen and oxygen atoms in total. The van der Waals surface area contributed by atoms with E-state index in [1.54, 1.807) is 7.05 Å². The van der Waals surface area contributed by atoms with E-state index in [0.717, 1.165) is 21.6 Å². The SMILES string of the molecule is Cc1ccc(Cc2sc(NC(=O)C=Cc3cn(C)c(=O)n(C)c3=O)nc2C)cc1. The maximum absolute atomic E-state index is 12.2. The van der Waals surface area contributed by atoms with Crippen LogP contribution in [0.2, 0.25) is 0 Å². The Morgan fingerprint density at radius 2 is 1.86 bits per heavy atom. The Hall–Kier alpha value is -3.26. The van der Waals surface area contributed by atoms with Crippen molar-refractivity contribution in [3.8, 4) is 0 Å². The summed E-state index contributed by atoms with van der Waals surface area (Å²) in [5.74, 6) is -0.392. The molecule has 0 spiro atoms.